The second-order valence-corrected chi connectivity index (χ2v) is 11.5. The smallest absolute Gasteiger partial charge is 0.339 e. The molecule has 0 saturated carbocycles. The van der Waals surface area contributed by atoms with Gasteiger partial charge in [0.2, 0.25) is 5.91 Å². The number of carbonyl (C=O) groups is 3. The number of aromatic nitrogens is 4. The molecule has 0 unspecified atom stereocenters. The Morgan fingerprint density at radius 2 is 1.79 bits per heavy atom. The Morgan fingerprint density at radius 1 is 1.11 bits per heavy atom. The quantitative estimate of drug-likeness (QED) is 0.291. The summed E-state index contributed by atoms with van der Waals surface area (Å²) in [6.07, 6.45) is -2.60. The lowest BCUT2D eigenvalue weighted by molar-refractivity contribution is -0.140. The molecule has 2 aromatic heterocycles. The van der Waals surface area contributed by atoms with Crippen molar-refractivity contribution in [1.29, 1.82) is 0 Å². The number of alkyl halides is 5. The van der Waals surface area contributed by atoms with Crippen molar-refractivity contribution in [2.24, 2.45) is 13.0 Å². The average Bonchev–Trinajstić information content (AvgIpc) is 3.64. The van der Waals surface area contributed by atoms with Crippen molar-refractivity contribution in [1.82, 2.24) is 34.9 Å². The van der Waals surface area contributed by atoms with Crippen molar-refractivity contribution in [3.8, 4) is 11.3 Å². The standard InChI is InChI=1S/C29H32ClF5N8O4/c1-41-21(22-20(6-13-47-28(31)32)39-40-23(22)29(33,34)35)15-37-24(41)25(44)38-17-2-3-18(19(30)14-17)27(46)43-11-9-42(10-12-43)26(45)16-4-7-36-8-5-16/h2-3,14-16,28,36H,4-13H2,1H3,(H,38,44)(H,39,40). The number of piperazine rings is 1. The molecule has 0 aliphatic carbocycles. The number of rotatable bonds is 9. The van der Waals surface area contributed by atoms with E-state index in [1.165, 1.54) is 25.2 Å². The summed E-state index contributed by atoms with van der Waals surface area (Å²) in [5.41, 5.74) is -1.63. The van der Waals surface area contributed by atoms with Crippen LogP contribution in [0.1, 0.15) is 45.2 Å². The molecule has 47 heavy (non-hydrogen) atoms. The maximum atomic E-state index is 13.7. The number of piperidine rings is 1. The Hall–Kier alpha value is -4.09. The highest BCUT2D eigenvalue weighted by Crippen LogP contribution is 2.38. The van der Waals surface area contributed by atoms with Gasteiger partial charge in [0.15, 0.2) is 11.5 Å². The number of imidazole rings is 1. The number of halogens is 6. The molecule has 4 heterocycles. The van der Waals surface area contributed by atoms with Crippen molar-refractivity contribution in [3.05, 3.63) is 52.2 Å². The number of ether oxygens (including phenoxy) is 1. The van der Waals surface area contributed by atoms with Gasteiger partial charge in [-0.3, -0.25) is 19.5 Å². The van der Waals surface area contributed by atoms with E-state index < -0.39 is 36.6 Å². The second kappa shape index (κ2) is 14.4. The molecule has 2 aliphatic heterocycles. The van der Waals surface area contributed by atoms with E-state index in [1.54, 1.807) is 9.80 Å². The van der Waals surface area contributed by atoms with Gasteiger partial charge in [-0.25, -0.2) is 4.98 Å². The monoisotopic (exact) mass is 686 g/mol. The van der Waals surface area contributed by atoms with Gasteiger partial charge in [-0.05, 0) is 44.1 Å². The SMILES string of the molecule is Cn1c(-c2c(C(F)(F)F)n[nH]c2CCOC(F)F)cnc1C(=O)Nc1ccc(C(=O)N2CCN(C(=O)C3CCNCC3)CC2)c(Cl)c1. The van der Waals surface area contributed by atoms with Gasteiger partial charge in [-0.1, -0.05) is 11.6 Å². The minimum Gasteiger partial charge on any atom is -0.339 e. The lowest BCUT2D eigenvalue weighted by Gasteiger charge is -2.37. The lowest BCUT2D eigenvalue weighted by atomic mass is 9.96. The number of H-pyrrole nitrogens is 1. The molecule has 5 rings (SSSR count). The maximum Gasteiger partial charge on any atom is 0.435 e. The molecule has 2 aliphatic rings. The van der Waals surface area contributed by atoms with Crippen molar-refractivity contribution >= 4 is 35.0 Å². The first kappa shape index (κ1) is 34.3. The zero-order chi connectivity index (χ0) is 33.9. The van der Waals surface area contributed by atoms with E-state index in [4.69, 9.17) is 11.6 Å². The summed E-state index contributed by atoms with van der Waals surface area (Å²) in [4.78, 5) is 46.6. The molecule has 2 saturated heterocycles. The molecule has 0 spiro atoms. The third-order valence-electron chi connectivity index (χ3n) is 8.18. The second-order valence-electron chi connectivity index (χ2n) is 11.1. The number of hydrogen-bond donors (Lipinski definition) is 3. The molecule has 3 aromatic rings. The minimum atomic E-state index is -4.89. The summed E-state index contributed by atoms with van der Waals surface area (Å²) in [6, 6.07) is 4.27. The molecule has 0 bridgehead atoms. The van der Waals surface area contributed by atoms with Crippen LogP contribution in [0.4, 0.5) is 27.6 Å². The number of hydrogen-bond acceptors (Lipinski definition) is 7. The predicted octanol–water partition coefficient (Wildman–Crippen LogP) is 3.80. The Bertz CT molecular complexity index is 1610. The molecule has 1 aromatic carbocycles. The fourth-order valence-electron chi connectivity index (χ4n) is 5.72. The van der Waals surface area contributed by atoms with Gasteiger partial charge in [0, 0.05) is 56.9 Å². The van der Waals surface area contributed by atoms with Gasteiger partial charge in [0.1, 0.15) is 0 Å². The number of anilines is 1. The van der Waals surface area contributed by atoms with E-state index in [0.717, 1.165) is 36.7 Å². The summed E-state index contributed by atoms with van der Waals surface area (Å²) in [5.74, 6) is -1.28. The van der Waals surface area contributed by atoms with Gasteiger partial charge in [0.05, 0.1) is 34.6 Å². The van der Waals surface area contributed by atoms with Crippen molar-refractivity contribution in [2.75, 3.05) is 51.2 Å². The van der Waals surface area contributed by atoms with Crippen LogP contribution in [-0.2, 0) is 29.2 Å². The van der Waals surface area contributed by atoms with Crippen LogP contribution < -0.4 is 10.6 Å². The third-order valence-corrected chi connectivity index (χ3v) is 8.49. The highest BCUT2D eigenvalue weighted by atomic mass is 35.5. The van der Waals surface area contributed by atoms with Crippen LogP contribution in [0, 0.1) is 5.92 Å². The molecular weight excluding hydrogens is 655 g/mol. The number of benzene rings is 1. The molecule has 3 N–H and O–H groups in total. The molecule has 2 fully saturated rings. The highest BCUT2D eigenvalue weighted by Gasteiger charge is 2.39. The van der Waals surface area contributed by atoms with E-state index >= 15 is 0 Å². The number of carbonyl (C=O) groups excluding carboxylic acids is 3. The highest BCUT2D eigenvalue weighted by molar-refractivity contribution is 6.34. The fourth-order valence-corrected chi connectivity index (χ4v) is 5.98. The van der Waals surface area contributed by atoms with Crippen molar-refractivity contribution in [2.45, 2.75) is 32.1 Å². The van der Waals surface area contributed by atoms with E-state index in [9.17, 15) is 36.3 Å². The molecule has 0 atom stereocenters. The van der Waals surface area contributed by atoms with Gasteiger partial charge >= 0.3 is 12.8 Å². The van der Waals surface area contributed by atoms with E-state index in [1.807, 2.05) is 0 Å². The van der Waals surface area contributed by atoms with Gasteiger partial charge in [-0.15, -0.1) is 0 Å². The Morgan fingerprint density at radius 3 is 2.43 bits per heavy atom. The largest absolute Gasteiger partial charge is 0.435 e. The Balaban J connectivity index is 1.25. The van der Waals surface area contributed by atoms with Crippen LogP contribution in [0.5, 0.6) is 0 Å². The molecule has 18 heteroatoms. The number of amides is 3. The average molecular weight is 687 g/mol. The third kappa shape index (κ3) is 7.73. The Kier molecular flexibility index (Phi) is 10.5. The maximum absolute atomic E-state index is 13.7. The van der Waals surface area contributed by atoms with Crippen molar-refractivity contribution in [3.63, 3.8) is 0 Å². The lowest BCUT2D eigenvalue weighted by Crippen LogP contribution is -2.52. The summed E-state index contributed by atoms with van der Waals surface area (Å²) in [7, 11) is 1.32. The predicted molar refractivity (Wildman–Crippen MR) is 159 cm³/mol. The van der Waals surface area contributed by atoms with Gasteiger partial charge in [-0.2, -0.15) is 27.1 Å². The normalized spacial score (nSPS) is 16.2. The molecule has 3 amide bonds. The van der Waals surface area contributed by atoms with Crippen LogP contribution in [0.2, 0.25) is 5.02 Å². The summed E-state index contributed by atoms with van der Waals surface area (Å²) < 4.78 is 71.4. The van der Waals surface area contributed by atoms with Crippen molar-refractivity contribution < 1.29 is 41.1 Å². The number of aromatic amines is 1. The Labute approximate surface area is 270 Å². The van der Waals surface area contributed by atoms with Gasteiger partial charge in [0.25, 0.3) is 11.8 Å². The zero-order valence-corrected chi connectivity index (χ0v) is 25.9. The molecule has 0 radical (unpaired) electrons. The number of nitrogens with zero attached hydrogens (tertiary/aromatic N) is 5. The zero-order valence-electron chi connectivity index (χ0n) is 25.2. The first-order valence-corrected chi connectivity index (χ1v) is 15.2. The van der Waals surface area contributed by atoms with Crippen LogP contribution in [0.15, 0.2) is 24.4 Å². The first-order valence-electron chi connectivity index (χ1n) is 14.8. The molecular formula is C29H32ClF5N8O4. The molecule has 12 nitrogen and oxygen atoms in total. The molecule has 254 valence electrons. The van der Waals surface area contributed by atoms with Gasteiger partial charge < -0.3 is 29.7 Å². The van der Waals surface area contributed by atoms with E-state index in [2.05, 4.69) is 30.6 Å². The summed E-state index contributed by atoms with van der Waals surface area (Å²) >= 11 is 6.43. The van der Waals surface area contributed by atoms with E-state index in [-0.39, 0.29) is 57.6 Å². The first-order chi connectivity index (χ1) is 22.3. The van der Waals surface area contributed by atoms with Crippen LogP contribution in [0.25, 0.3) is 11.3 Å². The summed E-state index contributed by atoms with van der Waals surface area (Å²) in [6.45, 7) is -0.536. The fraction of sp³-hybridized carbons (Fsp3) is 0.483. The number of nitrogens with one attached hydrogen (secondary N) is 3. The van der Waals surface area contributed by atoms with Crippen LogP contribution in [0.3, 0.4) is 0 Å². The van der Waals surface area contributed by atoms with Crippen LogP contribution >= 0.6 is 11.6 Å². The van der Waals surface area contributed by atoms with Crippen LogP contribution in [-0.4, -0.2) is 99.8 Å². The minimum absolute atomic E-state index is 0.00583. The topological polar surface area (TPSA) is 137 Å². The van der Waals surface area contributed by atoms with E-state index in [0.29, 0.717) is 26.2 Å². The summed E-state index contributed by atoms with van der Waals surface area (Å²) in [5, 5.41) is 11.4.